The molecule has 7 heteroatoms. The third kappa shape index (κ3) is 4.25. The summed E-state index contributed by atoms with van der Waals surface area (Å²) in [4.78, 5) is 12.6. The Hall–Kier alpha value is -2.22. The van der Waals surface area contributed by atoms with Crippen molar-refractivity contribution in [2.45, 2.75) is 37.5 Å². The number of likely N-dealkylation sites (tertiary alicyclic amines) is 1. The maximum Gasteiger partial charge on any atom is 0.269 e. The molecule has 0 amide bonds. The molecule has 2 N–H and O–H groups in total. The minimum absolute atomic E-state index is 0.0252. The monoisotopic (exact) mass is 346 g/mol. The Kier molecular flexibility index (Phi) is 5.47. The maximum atomic E-state index is 10.9. The van der Waals surface area contributed by atoms with Crippen molar-refractivity contribution in [3.63, 3.8) is 0 Å². The Morgan fingerprint density at radius 2 is 2.12 bits per heavy atom. The number of rotatable bonds is 7. The lowest BCUT2D eigenvalue weighted by molar-refractivity contribution is -0.385. The van der Waals surface area contributed by atoms with Gasteiger partial charge < -0.3 is 14.6 Å². The predicted molar refractivity (Wildman–Crippen MR) is 90.9 cm³/mol. The Balaban J connectivity index is 1.62. The third-order valence-corrected chi connectivity index (χ3v) is 4.74. The highest BCUT2D eigenvalue weighted by Crippen LogP contribution is 2.29. The smallest absolute Gasteiger partial charge is 0.269 e. The van der Waals surface area contributed by atoms with Crippen LogP contribution in [0.15, 0.2) is 47.1 Å². The predicted octanol–water partition coefficient (Wildman–Crippen LogP) is 2.81. The topological polar surface area (TPSA) is 100.0 Å². The normalized spacial score (nSPS) is 20.5. The van der Waals surface area contributed by atoms with Gasteiger partial charge in [0.25, 0.3) is 5.69 Å². The van der Waals surface area contributed by atoms with E-state index >= 15 is 0 Å². The largest absolute Gasteiger partial charge is 0.467 e. The highest BCUT2D eigenvalue weighted by Gasteiger charge is 2.29. The van der Waals surface area contributed by atoms with Crippen molar-refractivity contribution in [2.24, 2.45) is 0 Å². The Labute approximate surface area is 145 Å². The maximum absolute atomic E-state index is 10.9. The number of hydrogen-bond donors (Lipinski definition) is 2. The number of hydrogen-bond acceptors (Lipinski definition) is 6. The fraction of sp³-hybridized carbons (Fsp3) is 0.444. The van der Waals surface area contributed by atoms with Crippen LogP contribution in [0.4, 0.5) is 5.69 Å². The summed E-state index contributed by atoms with van der Waals surface area (Å²) in [5.41, 5.74) is 0.509. The van der Waals surface area contributed by atoms with Crippen molar-refractivity contribution < 1.29 is 19.6 Å². The van der Waals surface area contributed by atoms with E-state index in [1.54, 1.807) is 24.3 Å². The first kappa shape index (κ1) is 17.6. The van der Waals surface area contributed by atoms with Crippen LogP contribution in [-0.4, -0.2) is 39.2 Å². The quantitative estimate of drug-likeness (QED) is 0.591. The number of benzene rings is 1. The van der Waals surface area contributed by atoms with E-state index in [0.29, 0.717) is 24.3 Å². The lowest BCUT2D eigenvalue weighted by Crippen LogP contribution is -2.34. The molecule has 134 valence electrons. The summed E-state index contributed by atoms with van der Waals surface area (Å²) in [6.07, 6.45) is 2.54. The van der Waals surface area contributed by atoms with Gasteiger partial charge in [0, 0.05) is 24.7 Å². The van der Waals surface area contributed by atoms with E-state index in [0.717, 1.165) is 19.4 Å². The molecule has 1 saturated heterocycles. The zero-order chi connectivity index (χ0) is 17.8. The van der Waals surface area contributed by atoms with Crippen LogP contribution < -0.4 is 0 Å². The van der Waals surface area contributed by atoms with Gasteiger partial charge in [-0.25, -0.2) is 0 Å². The van der Waals surface area contributed by atoms with E-state index in [1.165, 1.54) is 18.4 Å². The van der Waals surface area contributed by atoms with Crippen molar-refractivity contribution in [3.8, 4) is 0 Å². The van der Waals surface area contributed by atoms with Gasteiger partial charge in [-0.2, -0.15) is 0 Å². The third-order valence-electron chi connectivity index (χ3n) is 4.74. The molecule has 1 aromatic heterocycles. The zero-order valence-electron chi connectivity index (χ0n) is 13.8. The molecule has 0 aliphatic carbocycles. The summed E-state index contributed by atoms with van der Waals surface area (Å²) in [6, 6.07) is 9.74. The van der Waals surface area contributed by atoms with Crippen LogP contribution in [0.25, 0.3) is 0 Å². The molecule has 7 nitrogen and oxygen atoms in total. The minimum Gasteiger partial charge on any atom is -0.467 e. The van der Waals surface area contributed by atoms with Crippen LogP contribution >= 0.6 is 0 Å². The van der Waals surface area contributed by atoms with E-state index in [-0.39, 0.29) is 11.7 Å². The Morgan fingerprint density at radius 1 is 1.28 bits per heavy atom. The lowest BCUT2D eigenvalue weighted by atomic mass is 10.0. The molecule has 0 saturated carbocycles. The summed E-state index contributed by atoms with van der Waals surface area (Å²) in [5, 5.41) is 31.6. The molecule has 2 aromatic rings. The molecule has 1 aliphatic heterocycles. The number of aliphatic hydroxyl groups is 2. The van der Waals surface area contributed by atoms with E-state index in [1.807, 2.05) is 0 Å². The first-order chi connectivity index (χ1) is 12.0. The fourth-order valence-corrected chi connectivity index (χ4v) is 3.43. The van der Waals surface area contributed by atoms with Crippen LogP contribution in [0.3, 0.4) is 0 Å². The molecule has 0 spiro atoms. The number of non-ortho nitro benzene ring substituents is 1. The minimum atomic E-state index is -0.804. The van der Waals surface area contributed by atoms with Crippen molar-refractivity contribution in [3.05, 3.63) is 64.1 Å². The van der Waals surface area contributed by atoms with Gasteiger partial charge >= 0.3 is 0 Å². The van der Waals surface area contributed by atoms with Crippen molar-refractivity contribution in [2.75, 3.05) is 13.1 Å². The van der Waals surface area contributed by atoms with Gasteiger partial charge in [0.15, 0.2) is 0 Å². The molecule has 0 radical (unpaired) electrons. The van der Waals surface area contributed by atoms with Gasteiger partial charge in [0.1, 0.15) is 11.9 Å². The number of nitro groups is 1. The molecular formula is C18H22N2O5. The molecule has 1 aliphatic rings. The number of nitro benzene ring substituents is 1. The van der Waals surface area contributed by atoms with Crippen molar-refractivity contribution >= 4 is 5.69 Å². The second kappa shape index (κ2) is 7.77. The molecule has 3 atom stereocenters. The molecule has 1 fully saturated rings. The molecule has 0 bridgehead atoms. The van der Waals surface area contributed by atoms with Gasteiger partial charge in [0.2, 0.25) is 0 Å². The molecule has 2 heterocycles. The first-order valence-electron chi connectivity index (χ1n) is 8.42. The lowest BCUT2D eigenvalue weighted by Gasteiger charge is -2.28. The van der Waals surface area contributed by atoms with Gasteiger partial charge in [-0.1, -0.05) is 12.1 Å². The van der Waals surface area contributed by atoms with E-state index < -0.39 is 17.1 Å². The zero-order valence-corrected chi connectivity index (χ0v) is 13.8. The van der Waals surface area contributed by atoms with Crippen LogP contribution in [0.1, 0.15) is 42.8 Å². The summed E-state index contributed by atoms with van der Waals surface area (Å²) < 4.78 is 5.25. The van der Waals surface area contributed by atoms with Crippen LogP contribution in [0.2, 0.25) is 0 Å². The SMILES string of the molecule is O=[N+]([O-])c1cccc(C(O)CN2CCCC2CC(O)c2ccco2)c1. The van der Waals surface area contributed by atoms with E-state index in [4.69, 9.17) is 4.42 Å². The van der Waals surface area contributed by atoms with Gasteiger partial charge in [0.05, 0.1) is 17.3 Å². The number of nitrogens with zero attached hydrogens (tertiary/aromatic N) is 2. The van der Waals surface area contributed by atoms with Gasteiger partial charge in [-0.15, -0.1) is 0 Å². The average Bonchev–Trinajstić information content (AvgIpc) is 3.27. The second-order valence-electron chi connectivity index (χ2n) is 6.43. The summed E-state index contributed by atoms with van der Waals surface area (Å²) in [6.45, 7) is 1.22. The number of aliphatic hydroxyl groups excluding tert-OH is 2. The van der Waals surface area contributed by atoms with Crippen LogP contribution in [-0.2, 0) is 0 Å². The fourth-order valence-electron chi connectivity index (χ4n) is 3.43. The highest BCUT2D eigenvalue weighted by atomic mass is 16.6. The number of furan rings is 1. The number of β-amino-alcohol motifs (C(OH)–C–C–N with tert-alkyl or cyclic N) is 1. The highest BCUT2D eigenvalue weighted by molar-refractivity contribution is 5.35. The first-order valence-corrected chi connectivity index (χ1v) is 8.42. The standard InChI is InChI=1S/C18H22N2O5/c21-16(18-7-3-9-25-18)11-14-6-2-8-19(14)12-17(22)13-4-1-5-15(10-13)20(23)24/h1,3-5,7,9-10,14,16-17,21-22H,2,6,8,11-12H2. The van der Waals surface area contributed by atoms with Crippen molar-refractivity contribution in [1.82, 2.24) is 4.90 Å². The average molecular weight is 346 g/mol. The van der Waals surface area contributed by atoms with Gasteiger partial charge in [-0.3, -0.25) is 15.0 Å². The van der Waals surface area contributed by atoms with Gasteiger partial charge in [-0.05, 0) is 43.5 Å². The Bertz CT molecular complexity index is 703. The van der Waals surface area contributed by atoms with Crippen molar-refractivity contribution in [1.29, 1.82) is 0 Å². The van der Waals surface area contributed by atoms with E-state index in [2.05, 4.69) is 4.90 Å². The molecular weight excluding hydrogens is 324 g/mol. The molecule has 25 heavy (non-hydrogen) atoms. The second-order valence-corrected chi connectivity index (χ2v) is 6.43. The molecule has 3 unspecified atom stereocenters. The summed E-state index contributed by atoms with van der Waals surface area (Å²) in [5.74, 6) is 0.547. The summed E-state index contributed by atoms with van der Waals surface area (Å²) in [7, 11) is 0. The Morgan fingerprint density at radius 3 is 2.84 bits per heavy atom. The van der Waals surface area contributed by atoms with Crippen LogP contribution in [0.5, 0.6) is 0 Å². The molecule has 1 aromatic carbocycles. The summed E-state index contributed by atoms with van der Waals surface area (Å²) >= 11 is 0. The van der Waals surface area contributed by atoms with Crippen LogP contribution in [0, 0.1) is 10.1 Å². The van der Waals surface area contributed by atoms with E-state index in [9.17, 15) is 20.3 Å². The molecule has 3 rings (SSSR count).